The molecule has 1 atom stereocenters. The molecule has 148 valence electrons. The quantitative estimate of drug-likeness (QED) is 0.671. The number of carbonyl (C=O) groups excluding carboxylic acids is 1. The molecule has 1 amide bonds. The number of amides is 1. The summed E-state index contributed by atoms with van der Waals surface area (Å²) >= 11 is 1.57. The van der Waals surface area contributed by atoms with Gasteiger partial charge >= 0.3 is 5.97 Å². The number of carbonyl (C=O) groups is 2. The van der Waals surface area contributed by atoms with Gasteiger partial charge in [-0.3, -0.25) is 4.79 Å². The number of aromatic nitrogens is 1. The molecule has 2 aromatic carbocycles. The summed E-state index contributed by atoms with van der Waals surface area (Å²) in [5, 5.41) is 12.2. The molecule has 0 aliphatic carbocycles. The van der Waals surface area contributed by atoms with Crippen molar-refractivity contribution >= 4 is 28.9 Å². The minimum absolute atomic E-state index is 0.132. The third-order valence-corrected chi connectivity index (χ3v) is 5.63. The van der Waals surface area contributed by atoms with Crippen LogP contribution in [0, 0.1) is 6.92 Å². The summed E-state index contributed by atoms with van der Waals surface area (Å²) in [7, 11) is 0. The number of hydrogen-bond donors (Lipinski definition) is 1. The van der Waals surface area contributed by atoms with Gasteiger partial charge in [0.05, 0.1) is 28.5 Å². The van der Waals surface area contributed by atoms with E-state index in [0.29, 0.717) is 17.9 Å². The number of carboxylic acid groups (broad SMARTS) is 1. The van der Waals surface area contributed by atoms with Crippen LogP contribution in [0.2, 0.25) is 0 Å². The Balaban J connectivity index is 1.75. The van der Waals surface area contributed by atoms with Gasteiger partial charge in [0.25, 0.3) is 5.91 Å². The molecule has 1 aromatic heterocycles. The van der Waals surface area contributed by atoms with Crippen molar-refractivity contribution in [3.8, 4) is 17.0 Å². The van der Waals surface area contributed by atoms with Crippen LogP contribution in [0.15, 0.2) is 47.8 Å². The second kappa shape index (κ2) is 7.67. The zero-order valence-electron chi connectivity index (χ0n) is 16.1. The first-order valence-electron chi connectivity index (χ1n) is 9.33. The van der Waals surface area contributed by atoms with Crippen LogP contribution in [0.1, 0.15) is 34.3 Å². The second-order valence-electron chi connectivity index (χ2n) is 6.88. The first-order valence-corrected chi connectivity index (χ1v) is 10.2. The normalized spacial score (nSPS) is 15.7. The molecule has 1 unspecified atom stereocenters. The topological polar surface area (TPSA) is 79.7 Å². The van der Waals surface area contributed by atoms with Crippen LogP contribution < -0.4 is 9.64 Å². The smallest absolute Gasteiger partial charge is 0.335 e. The molecule has 29 heavy (non-hydrogen) atoms. The molecule has 4 rings (SSSR count). The van der Waals surface area contributed by atoms with Crippen molar-refractivity contribution in [2.24, 2.45) is 0 Å². The highest BCUT2D eigenvalue weighted by atomic mass is 32.1. The van der Waals surface area contributed by atoms with Gasteiger partial charge in [0.2, 0.25) is 0 Å². The van der Waals surface area contributed by atoms with Crippen LogP contribution in [0.25, 0.3) is 11.3 Å². The lowest BCUT2D eigenvalue weighted by atomic mass is 10.0. The van der Waals surface area contributed by atoms with Crippen molar-refractivity contribution in [3.63, 3.8) is 0 Å². The maximum atomic E-state index is 13.1. The van der Waals surface area contributed by atoms with Crippen molar-refractivity contribution in [1.82, 2.24) is 4.98 Å². The lowest BCUT2D eigenvalue weighted by Gasteiger charge is -2.34. The second-order valence-corrected chi connectivity index (χ2v) is 7.94. The zero-order valence-corrected chi connectivity index (χ0v) is 16.9. The van der Waals surface area contributed by atoms with E-state index in [1.807, 2.05) is 43.5 Å². The Morgan fingerprint density at radius 3 is 2.79 bits per heavy atom. The van der Waals surface area contributed by atoms with Gasteiger partial charge in [-0.25, -0.2) is 9.78 Å². The number of aromatic carboxylic acids is 1. The molecule has 0 saturated carbocycles. The molecule has 1 aliphatic heterocycles. The van der Waals surface area contributed by atoms with E-state index in [2.05, 4.69) is 4.98 Å². The molecule has 6 nitrogen and oxygen atoms in total. The first kappa shape index (κ1) is 19.1. The van der Waals surface area contributed by atoms with Crippen molar-refractivity contribution in [2.45, 2.75) is 32.9 Å². The Morgan fingerprint density at radius 2 is 2.10 bits per heavy atom. The molecule has 7 heteroatoms. The summed E-state index contributed by atoms with van der Waals surface area (Å²) in [6, 6.07) is 12.4. The number of aryl methyl sites for hydroxylation is 1. The Labute approximate surface area is 172 Å². The van der Waals surface area contributed by atoms with Crippen LogP contribution in [0.3, 0.4) is 0 Å². The molecule has 0 radical (unpaired) electrons. The summed E-state index contributed by atoms with van der Waals surface area (Å²) in [5.41, 5.74) is 3.37. The number of hydrogen-bond acceptors (Lipinski definition) is 5. The van der Waals surface area contributed by atoms with Gasteiger partial charge in [-0.2, -0.15) is 0 Å². The molecule has 1 aliphatic rings. The average molecular weight is 408 g/mol. The largest absolute Gasteiger partial charge is 0.478 e. The number of nitrogens with zero attached hydrogens (tertiary/aromatic N) is 2. The summed E-state index contributed by atoms with van der Waals surface area (Å²) in [6.07, 6.45) is -0.00530. The Bertz CT molecular complexity index is 1090. The van der Waals surface area contributed by atoms with Crippen molar-refractivity contribution < 1.29 is 19.4 Å². The number of benzene rings is 2. The van der Waals surface area contributed by atoms with E-state index < -0.39 is 12.1 Å². The summed E-state index contributed by atoms with van der Waals surface area (Å²) < 4.78 is 5.92. The molecule has 0 spiro atoms. The fourth-order valence-corrected chi connectivity index (χ4v) is 4.01. The summed E-state index contributed by atoms with van der Waals surface area (Å²) in [5.74, 6) is -0.484. The van der Waals surface area contributed by atoms with Gasteiger partial charge in [-0.1, -0.05) is 19.1 Å². The van der Waals surface area contributed by atoms with Crippen molar-refractivity contribution in [2.75, 3.05) is 4.90 Å². The van der Waals surface area contributed by atoms with Gasteiger partial charge < -0.3 is 14.7 Å². The van der Waals surface area contributed by atoms with Gasteiger partial charge in [0, 0.05) is 10.9 Å². The Kier molecular flexibility index (Phi) is 5.07. The minimum atomic E-state index is -0.992. The minimum Gasteiger partial charge on any atom is -0.478 e. The third-order valence-electron chi connectivity index (χ3n) is 4.86. The van der Waals surface area contributed by atoms with E-state index in [1.54, 1.807) is 34.4 Å². The van der Waals surface area contributed by atoms with Crippen LogP contribution in [-0.4, -0.2) is 28.1 Å². The number of fused-ring (bicyclic) bond motifs is 1. The molecular formula is C22H20N2O4S. The number of rotatable bonds is 5. The lowest BCUT2D eigenvalue weighted by Crippen LogP contribution is -2.45. The lowest BCUT2D eigenvalue weighted by molar-refractivity contribution is -0.126. The maximum Gasteiger partial charge on any atom is 0.335 e. The maximum absolute atomic E-state index is 13.1. The van der Waals surface area contributed by atoms with Crippen LogP contribution >= 0.6 is 11.3 Å². The highest BCUT2D eigenvalue weighted by Crippen LogP contribution is 2.39. The fraction of sp³-hybridized carbons (Fsp3) is 0.227. The molecule has 0 saturated heterocycles. The molecule has 0 fully saturated rings. The summed E-state index contributed by atoms with van der Waals surface area (Å²) in [6.45, 7) is 4.13. The third kappa shape index (κ3) is 3.73. The predicted molar refractivity (Wildman–Crippen MR) is 112 cm³/mol. The van der Waals surface area contributed by atoms with Gasteiger partial charge in [-0.15, -0.1) is 11.3 Å². The highest BCUT2D eigenvalue weighted by Gasteiger charge is 2.33. The number of carboxylic acids is 1. The number of thiazole rings is 1. The van der Waals surface area contributed by atoms with Gasteiger partial charge in [0.1, 0.15) is 5.75 Å². The fourth-order valence-electron chi connectivity index (χ4n) is 3.39. The van der Waals surface area contributed by atoms with Gasteiger partial charge in [0.15, 0.2) is 6.10 Å². The van der Waals surface area contributed by atoms with E-state index in [9.17, 15) is 14.7 Å². The Hall–Kier alpha value is -3.19. The molecule has 0 bridgehead atoms. The predicted octanol–water partition coefficient (Wildman–Crippen LogP) is 4.52. The number of ether oxygens (including phenoxy) is 1. The van der Waals surface area contributed by atoms with Crippen molar-refractivity contribution in [1.29, 1.82) is 0 Å². The Morgan fingerprint density at radius 1 is 1.28 bits per heavy atom. The van der Waals surface area contributed by atoms with Crippen LogP contribution in [0.4, 0.5) is 5.69 Å². The molecule has 2 heterocycles. The molecular weight excluding hydrogens is 388 g/mol. The zero-order chi connectivity index (χ0) is 20.5. The van der Waals surface area contributed by atoms with Crippen molar-refractivity contribution in [3.05, 3.63) is 64.0 Å². The van der Waals surface area contributed by atoms with E-state index >= 15 is 0 Å². The average Bonchev–Trinajstić information content (AvgIpc) is 3.16. The number of anilines is 1. The van der Waals surface area contributed by atoms with E-state index in [0.717, 1.165) is 21.8 Å². The first-order chi connectivity index (χ1) is 14.0. The van der Waals surface area contributed by atoms with E-state index in [-0.39, 0.29) is 18.0 Å². The van der Waals surface area contributed by atoms with Crippen LogP contribution in [0.5, 0.6) is 5.75 Å². The SMILES string of the molecule is CCC1Oc2ccc(-c3csc(C)n3)cc2N(Cc2cccc(C(=O)O)c2)C1=O. The standard InChI is InChI=1S/C22H20N2O4S/c1-3-19-21(25)24(11-14-5-4-6-16(9-14)22(26)27)18-10-15(7-8-20(18)28-19)17-12-29-13(2)23-17/h4-10,12,19H,3,11H2,1-2H3,(H,26,27). The van der Waals surface area contributed by atoms with E-state index in [4.69, 9.17) is 4.74 Å². The summed E-state index contributed by atoms with van der Waals surface area (Å²) in [4.78, 5) is 30.6. The molecule has 1 N–H and O–H groups in total. The van der Waals surface area contributed by atoms with Gasteiger partial charge in [-0.05, 0) is 49.2 Å². The van der Waals surface area contributed by atoms with E-state index in [1.165, 1.54) is 0 Å². The molecule has 3 aromatic rings. The van der Waals surface area contributed by atoms with Crippen LogP contribution in [-0.2, 0) is 11.3 Å². The highest BCUT2D eigenvalue weighted by molar-refractivity contribution is 7.09. The monoisotopic (exact) mass is 408 g/mol.